The van der Waals surface area contributed by atoms with E-state index in [2.05, 4.69) is 15.3 Å². The van der Waals surface area contributed by atoms with Gasteiger partial charge in [-0.05, 0) is 18.9 Å². The average Bonchev–Trinajstić information content (AvgIpc) is 2.24. The van der Waals surface area contributed by atoms with Gasteiger partial charge in [0.05, 0.1) is 18.3 Å². The Hall–Kier alpha value is -1.49. The van der Waals surface area contributed by atoms with Crippen molar-refractivity contribution in [3.8, 4) is 0 Å². The number of carbonyl (C=O) groups excluding carboxylic acids is 1. The van der Waals surface area contributed by atoms with Gasteiger partial charge < -0.3 is 11.1 Å². The van der Waals surface area contributed by atoms with Gasteiger partial charge in [-0.15, -0.1) is 0 Å². The minimum absolute atomic E-state index is 0.132. The Morgan fingerprint density at radius 3 is 2.81 bits per heavy atom. The molecule has 0 unspecified atom stereocenters. The highest BCUT2D eigenvalue weighted by Crippen LogP contribution is 1.99. The summed E-state index contributed by atoms with van der Waals surface area (Å²) in [7, 11) is 0. The number of hydrogen-bond acceptors (Lipinski definition) is 4. The number of nitrogens with two attached hydrogens (primary N) is 1. The van der Waals surface area contributed by atoms with Crippen LogP contribution in [0.15, 0.2) is 12.3 Å². The van der Waals surface area contributed by atoms with Gasteiger partial charge in [0.25, 0.3) is 0 Å². The average molecular weight is 222 g/mol. The highest BCUT2D eigenvalue weighted by atomic mass is 16.2. The fourth-order valence-corrected chi connectivity index (χ4v) is 1.20. The molecule has 0 aliphatic carbocycles. The number of amides is 1. The van der Waals surface area contributed by atoms with Crippen LogP contribution in [0.1, 0.15) is 25.4 Å². The van der Waals surface area contributed by atoms with Crippen LogP contribution in [-0.4, -0.2) is 21.9 Å². The second-order valence-corrected chi connectivity index (χ2v) is 4.08. The standard InChI is InChI=1S/C11H18N4O/c1-7(2)10(12)11(16)14-6-9-4-5-13-8(3)15-9/h4-5,7,10H,6,12H2,1-3H3,(H,14,16)/t10-/m1/s1. The molecule has 0 aromatic carbocycles. The van der Waals surface area contributed by atoms with Gasteiger partial charge in [-0.2, -0.15) is 0 Å². The molecule has 0 aliphatic heterocycles. The van der Waals surface area contributed by atoms with Crippen LogP contribution in [0.2, 0.25) is 0 Å². The second-order valence-electron chi connectivity index (χ2n) is 4.08. The number of nitrogens with one attached hydrogen (secondary N) is 1. The molecule has 16 heavy (non-hydrogen) atoms. The zero-order valence-corrected chi connectivity index (χ0v) is 9.90. The molecule has 0 fully saturated rings. The third-order valence-corrected chi connectivity index (χ3v) is 2.30. The summed E-state index contributed by atoms with van der Waals surface area (Å²) in [6.07, 6.45) is 1.67. The summed E-state index contributed by atoms with van der Waals surface area (Å²) in [6, 6.07) is 1.30. The molecule has 0 spiro atoms. The minimum atomic E-state index is -0.470. The van der Waals surface area contributed by atoms with Crippen LogP contribution in [0, 0.1) is 12.8 Å². The maximum Gasteiger partial charge on any atom is 0.237 e. The molecule has 1 atom stereocenters. The minimum Gasteiger partial charge on any atom is -0.349 e. The van der Waals surface area contributed by atoms with Crippen molar-refractivity contribution >= 4 is 5.91 Å². The van der Waals surface area contributed by atoms with E-state index in [1.807, 2.05) is 20.8 Å². The van der Waals surface area contributed by atoms with E-state index in [4.69, 9.17) is 5.73 Å². The van der Waals surface area contributed by atoms with Crippen molar-refractivity contribution in [3.05, 3.63) is 23.8 Å². The number of aromatic nitrogens is 2. The van der Waals surface area contributed by atoms with Crippen molar-refractivity contribution in [2.75, 3.05) is 0 Å². The molecule has 88 valence electrons. The van der Waals surface area contributed by atoms with Gasteiger partial charge >= 0.3 is 0 Å². The van der Waals surface area contributed by atoms with Crippen LogP contribution in [0.3, 0.4) is 0 Å². The topological polar surface area (TPSA) is 80.9 Å². The van der Waals surface area contributed by atoms with Crippen molar-refractivity contribution in [1.29, 1.82) is 0 Å². The Kier molecular flexibility index (Phi) is 4.37. The predicted molar refractivity (Wildman–Crippen MR) is 61.4 cm³/mol. The molecule has 1 heterocycles. The van der Waals surface area contributed by atoms with Crippen molar-refractivity contribution < 1.29 is 4.79 Å². The highest BCUT2D eigenvalue weighted by molar-refractivity contribution is 5.81. The summed E-state index contributed by atoms with van der Waals surface area (Å²) in [5.74, 6) is 0.679. The first-order chi connectivity index (χ1) is 7.50. The zero-order valence-electron chi connectivity index (χ0n) is 9.90. The number of rotatable bonds is 4. The Labute approximate surface area is 95.5 Å². The lowest BCUT2D eigenvalue weighted by Gasteiger charge is -2.15. The zero-order chi connectivity index (χ0) is 12.1. The molecule has 1 rings (SSSR count). The molecule has 5 heteroatoms. The molecule has 1 aromatic heterocycles. The predicted octanol–water partition coefficient (Wildman–Crippen LogP) is 0.385. The van der Waals surface area contributed by atoms with E-state index in [9.17, 15) is 4.79 Å². The number of aryl methyl sites for hydroxylation is 1. The van der Waals surface area contributed by atoms with E-state index < -0.39 is 6.04 Å². The Bertz CT molecular complexity index is 365. The summed E-state index contributed by atoms with van der Waals surface area (Å²) >= 11 is 0. The first-order valence-electron chi connectivity index (χ1n) is 5.32. The summed E-state index contributed by atoms with van der Waals surface area (Å²) in [5, 5.41) is 2.75. The monoisotopic (exact) mass is 222 g/mol. The number of nitrogens with zero attached hydrogens (tertiary/aromatic N) is 2. The van der Waals surface area contributed by atoms with Crippen LogP contribution in [0.25, 0.3) is 0 Å². The van der Waals surface area contributed by atoms with E-state index >= 15 is 0 Å². The lowest BCUT2D eigenvalue weighted by molar-refractivity contribution is -0.123. The SMILES string of the molecule is Cc1nccc(CNC(=O)[C@H](N)C(C)C)n1. The highest BCUT2D eigenvalue weighted by Gasteiger charge is 2.16. The van der Waals surface area contributed by atoms with Gasteiger partial charge in [0.2, 0.25) is 5.91 Å². The van der Waals surface area contributed by atoms with Crippen LogP contribution in [0.4, 0.5) is 0 Å². The molecule has 5 nitrogen and oxygen atoms in total. The number of hydrogen-bond donors (Lipinski definition) is 2. The van der Waals surface area contributed by atoms with Gasteiger partial charge in [0.1, 0.15) is 5.82 Å². The molecule has 0 saturated heterocycles. The Balaban J connectivity index is 2.49. The summed E-state index contributed by atoms with van der Waals surface area (Å²) < 4.78 is 0. The molecule has 3 N–H and O–H groups in total. The van der Waals surface area contributed by atoms with Gasteiger partial charge in [-0.3, -0.25) is 4.79 Å². The van der Waals surface area contributed by atoms with E-state index in [0.717, 1.165) is 5.69 Å². The van der Waals surface area contributed by atoms with Crippen molar-refractivity contribution in [1.82, 2.24) is 15.3 Å². The van der Waals surface area contributed by atoms with Crippen molar-refractivity contribution in [3.63, 3.8) is 0 Å². The molecule has 0 aliphatic rings. The summed E-state index contributed by atoms with van der Waals surface area (Å²) in [6.45, 7) is 6.03. The van der Waals surface area contributed by atoms with Gasteiger partial charge in [-0.1, -0.05) is 13.8 Å². The van der Waals surface area contributed by atoms with Crippen LogP contribution in [0.5, 0.6) is 0 Å². The van der Waals surface area contributed by atoms with Crippen LogP contribution >= 0.6 is 0 Å². The molecule has 0 bridgehead atoms. The summed E-state index contributed by atoms with van der Waals surface area (Å²) in [4.78, 5) is 19.7. The molecular formula is C11H18N4O. The summed E-state index contributed by atoms with van der Waals surface area (Å²) in [5.41, 5.74) is 6.50. The molecular weight excluding hydrogens is 204 g/mol. The molecule has 0 radical (unpaired) electrons. The first-order valence-corrected chi connectivity index (χ1v) is 5.32. The lowest BCUT2D eigenvalue weighted by Crippen LogP contribution is -2.43. The third-order valence-electron chi connectivity index (χ3n) is 2.30. The largest absolute Gasteiger partial charge is 0.349 e. The normalized spacial score (nSPS) is 12.6. The maximum absolute atomic E-state index is 11.6. The van der Waals surface area contributed by atoms with Gasteiger partial charge in [0, 0.05) is 6.20 Å². The Morgan fingerprint density at radius 2 is 2.25 bits per heavy atom. The van der Waals surface area contributed by atoms with E-state index in [1.165, 1.54) is 0 Å². The van der Waals surface area contributed by atoms with Crippen LogP contribution < -0.4 is 11.1 Å². The lowest BCUT2D eigenvalue weighted by atomic mass is 10.1. The van der Waals surface area contributed by atoms with Crippen LogP contribution in [-0.2, 0) is 11.3 Å². The quantitative estimate of drug-likeness (QED) is 0.772. The second kappa shape index (κ2) is 5.55. The fraction of sp³-hybridized carbons (Fsp3) is 0.545. The number of carbonyl (C=O) groups is 1. The maximum atomic E-state index is 11.6. The van der Waals surface area contributed by atoms with E-state index in [-0.39, 0.29) is 11.8 Å². The van der Waals surface area contributed by atoms with Crippen molar-refractivity contribution in [2.24, 2.45) is 11.7 Å². The molecule has 1 amide bonds. The smallest absolute Gasteiger partial charge is 0.237 e. The Morgan fingerprint density at radius 1 is 1.56 bits per heavy atom. The van der Waals surface area contributed by atoms with Gasteiger partial charge in [0.15, 0.2) is 0 Å². The van der Waals surface area contributed by atoms with E-state index in [0.29, 0.717) is 12.4 Å². The van der Waals surface area contributed by atoms with Crippen molar-refractivity contribution in [2.45, 2.75) is 33.4 Å². The fourth-order valence-electron chi connectivity index (χ4n) is 1.20. The van der Waals surface area contributed by atoms with Gasteiger partial charge in [-0.25, -0.2) is 9.97 Å². The van der Waals surface area contributed by atoms with E-state index in [1.54, 1.807) is 12.3 Å². The molecule has 1 aromatic rings. The molecule has 0 saturated carbocycles. The third kappa shape index (κ3) is 3.58. The first kappa shape index (κ1) is 12.6.